The fourth-order valence-electron chi connectivity index (χ4n) is 4.37. The molecular formula is C22H25ClN4O4S2. The summed E-state index contributed by atoms with van der Waals surface area (Å²) in [6.45, 7) is 9.50. The minimum atomic E-state index is -4.12. The number of carbonyl (C=O) groups excluding carboxylic acids is 1. The molecule has 3 heterocycles. The zero-order valence-electron chi connectivity index (χ0n) is 18.7. The Morgan fingerprint density at radius 3 is 2.67 bits per heavy atom. The molecule has 1 aliphatic rings. The van der Waals surface area contributed by atoms with E-state index in [0.717, 1.165) is 42.0 Å². The van der Waals surface area contributed by atoms with Gasteiger partial charge in [-0.1, -0.05) is 22.8 Å². The van der Waals surface area contributed by atoms with Crippen LogP contribution in [0.1, 0.15) is 50.0 Å². The number of hydrogen-bond donors (Lipinski definition) is 3. The largest absolute Gasteiger partial charge is 0.336 e. The average Bonchev–Trinajstić information content (AvgIpc) is 3.50. The molecule has 0 saturated carbocycles. The van der Waals surface area contributed by atoms with Crippen molar-refractivity contribution in [2.24, 2.45) is 0 Å². The fraction of sp³-hybridized carbons (Fsp3) is 0.364. The van der Waals surface area contributed by atoms with Crippen LogP contribution >= 0.6 is 22.9 Å². The lowest BCUT2D eigenvalue weighted by Gasteiger charge is -2.21. The van der Waals surface area contributed by atoms with Gasteiger partial charge >= 0.3 is 0 Å². The van der Waals surface area contributed by atoms with Crippen LogP contribution in [0, 0.1) is 27.7 Å². The van der Waals surface area contributed by atoms with Crippen LogP contribution in [-0.2, 0) is 10.0 Å². The van der Waals surface area contributed by atoms with Crippen LogP contribution in [0.5, 0.6) is 0 Å². The summed E-state index contributed by atoms with van der Waals surface area (Å²) in [7, 11) is -4.12. The Balaban J connectivity index is 1.64. The SMILES string of the molecule is Cc1cc(C)c(C2CCNC2)c(C)c1NC(=O)c1sccc1S(=O)(=O)Nc1onc(C)c1Cl. The molecule has 0 spiro atoms. The number of hydrogen-bond acceptors (Lipinski definition) is 7. The molecule has 0 bridgehead atoms. The lowest BCUT2D eigenvalue weighted by atomic mass is 9.87. The zero-order chi connectivity index (χ0) is 23.9. The minimum absolute atomic E-state index is 0.0679. The number of rotatable bonds is 6. The topological polar surface area (TPSA) is 113 Å². The third-order valence-electron chi connectivity index (χ3n) is 5.88. The average molecular weight is 509 g/mol. The molecule has 1 amide bonds. The molecular weight excluding hydrogens is 484 g/mol. The monoisotopic (exact) mass is 508 g/mol. The number of sulfonamides is 1. The van der Waals surface area contributed by atoms with Gasteiger partial charge in [0.15, 0.2) is 0 Å². The van der Waals surface area contributed by atoms with Crippen molar-refractivity contribution in [3.8, 4) is 0 Å². The van der Waals surface area contributed by atoms with E-state index in [1.807, 2.05) is 13.8 Å². The number of aryl methyl sites for hydroxylation is 3. The summed E-state index contributed by atoms with van der Waals surface area (Å²) in [5, 5.41) is 11.6. The van der Waals surface area contributed by atoms with E-state index in [9.17, 15) is 13.2 Å². The van der Waals surface area contributed by atoms with E-state index < -0.39 is 15.9 Å². The number of nitrogens with zero attached hydrogens (tertiary/aromatic N) is 1. The molecule has 2 aromatic heterocycles. The molecule has 0 radical (unpaired) electrons. The Morgan fingerprint density at radius 1 is 1.27 bits per heavy atom. The predicted molar refractivity (Wildman–Crippen MR) is 130 cm³/mol. The molecule has 3 aromatic rings. The van der Waals surface area contributed by atoms with E-state index in [2.05, 4.69) is 33.5 Å². The van der Waals surface area contributed by atoms with E-state index in [4.69, 9.17) is 16.1 Å². The van der Waals surface area contributed by atoms with Crippen LogP contribution in [0.25, 0.3) is 0 Å². The molecule has 1 atom stereocenters. The Bertz CT molecular complexity index is 1320. The Hall–Kier alpha value is -2.40. The van der Waals surface area contributed by atoms with Gasteiger partial charge in [-0.15, -0.1) is 11.3 Å². The second kappa shape index (κ2) is 9.09. The number of benzene rings is 1. The van der Waals surface area contributed by atoms with Gasteiger partial charge in [-0.2, -0.15) is 0 Å². The maximum atomic E-state index is 13.2. The third-order valence-corrected chi connectivity index (χ3v) is 8.74. The van der Waals surface area contributed by atoms with Crippen molar-refractivity contribution in [2.75, 3.05) is 23.1 Å². The van der Waals surface area contributed by atoms with Gasteiger partial charge in [-0.3, -0.25) is 4.79 Å². The van der Waals surface area contributed by atoms with Crippen LogP contribution in [0.4, 0.5) is 11.6 Å². The van der Waals surface area contributed by atoms with Gasteiger partial charge in [0.25, 0.3) is 21.8 Å². The summed E-state index contributed by atoms with van der Waals surface area (Å²) in [4.78, 5) is 13.1. The number of thiophene rings is 1. The number of aromatic nitrogens is 1. The van der Waals surface area contributed by atoms with E-state index in [1.54, 1.807) is 12.3 Å². The van der Waals surface area contributed by atoms with Crippen molar-refractivity contribution in [2.45, 2.75) is 44.9 Å². The highest BCUT2D eigenvalue weighted by atomic mass is 35.5. The van der Waals surface area contributed by atoms with Crippen LogP contribution in [0.3, 0.4) is 0 Å². The summed E-state index contributed by atoms with van der Waals surface area (Å²) in [5.41, 5.74) is 5.44. The lowest BCUT2D eigenvalue weighted by Crippen LogP contribution is -2.20. The molecule has 1 fully saturated rings. The highest BCUT2D eigenvalue weighted by molar-refractivity contribution is 7.93. The van der Waals surface area contributed by atoms with Crippen molar-refractivity contribution in [3.05, 3.63) is 55.4 Å². The summed E-state index contributed by atoms with van der Waals surface area (Å²) in [6.07, 6.45) is 1.04. The lowest BCUT2D eigenvalue weighted by molar-refractivity contribution is 0.102. The van der Waals surface area contributed by atoms with Gasteiger partial charge in [0.1, 0.15) is 20.5 Å². The maximum absolute atomic E-state index is 13.2. The first-order valence-electron chi connectivity index (χ1n) is 10.4. The van der Waals surface area contributed by atoms with Gasteiger partial charge in [-0.05, 0) is 80.3 Å². The summed E-state index contributed by atoms with van der Waals surface area (Å²) < 4.78 is 33.2. The van der Waals surface area contributed by atoms with Crippen LogP contribution < -0.4 is 15.4 Å². The molecule has 1 saturated heterocycles. The first-order chi connectivity index (χ1) is 15.6. The molecule has 3 N–H and O–H groups in total. The predicted octanol–water partition coefficient (Wildman–Crippen LogP) is 4.75. The molecule has 1 unspecified atom stereocenters. The smallest absolute Gasteiger partial charge is 0.267 e. The third kappa shape index (κ3) is 4.52. The Morgan fingerprint density at radius 2 is 2.03 bits per heavy atom. The van der Waals surface area contributed by atoms with Gasteiger partial charge < -0.3 is 15.2 Å². The van der Waals surface area contributed by atoms with Crippen molar-refractivity contribution in [1.29, 1.82) is 0 Å². The van der Waals surface area contributed by atoms with Crippen molar-refractivity contribution in [1.82, 2.24) is 10.5 Å². The first kappa shape index (κ1) is 23.7. The summed E-state index contributed by atoms with van der Waals surface area (Å²) >= 11 is 7.09. The molecule has 0 aliphatic carbocycles. The molecule has 1 aliphatic heterocycles. The Kier molecular flexibility index (Phi) is 6.54. The number of nitrogens with one attached hydrogen (secondary N) is 3. The second-order valence-corrected chi connectivity index (χ2v) is 11.1. The Labute approximate surface area is 201 Å². The molecule has 33 heavy (non-hydrogen) atoms. The maximum Gasteiger partial charge on any atom is 0.267 e. The molecule has 11 heteroatoms. The molecule has 1 aromatic carbocycles. The molecule has 4 rings (SSSR count). The highest BCUT2D eigenvalue weighted by Crippen LogP contribution is 2.36. The highest BCUT2D eigenvalue weighted by Gasteiger charge is 2.28. The number of anilines is 2. The van der Waals surface area contributed by atoms with Gasteiger partial charge in [0.2, 0.25) is 0 Å². The number of amides is 1. The standard InChI is InChI=1S/C22H25ClN4O4S2/c1-11-9-12(2)19(13(3)17(11)15-5-7-24-10-15)25-21(28)20-16(6-8-32-20)33(29,30)27-22-18(23)14(4)26-31-22/h6,8-9,15,24,27H,5,7,10H2,1-4H3,(H,25,28). The minimum Gasteiger partial charge on any atom is -0.336 e. The fourth-order valence-corrected chi connectivity index (χ4v) is 6.86. The molecule has 176 valence electrons. The quantitative estimate of drug-likeness (QED) is 0.442. The van der Waals surface area contributed by atoms with E-state index in [0.29, 0.717) is 17.3 Å². The summed E-state index contributed by atoms with van der Waals surface area (Å²) in [5.74, 6) is -0.291. The summed E-state index contributed by atoms with van der Waals surface area (Å²) in [6, 6.07) is 3.45. The van der Waals surface area contributed by atoms with Crippen LogP contribution in [0.2, 0.25) is 5.02 Å². The van der Waals surface area contributed by atoms with Crippen molar-refractivity contribution < 1.29 is 17.7 Å². The molecule has 8 nitrogen and oxygen atoms in total. The van der Waals surface area contributed by atoms with E-state index in [1.165, 1.54) is 17.2 Å². The second-order valence-electron chi connectivity index (χ2n) is 8.20. The van der Waals surface area contributed by atoms with Gasteiger partial charge in [0.05, 0.1) is 0 Å². The zero-order valence-corrected chi connectivity index (χ0v) is 21.1. The van der Waals surface area contributed by atoms with Crippen molar-refractivity contribution >= 4 is 50.4 Å². The van der Waals surface area contributed by atoms with E-state index >= 15 is 0 Å². The normalized spacial score (nSPS) is 16.2. The van der Waals surface area contributed by atoms with Gasteiger partial charge in [0, 0.05) is 12.2 Å². The first-order valence-corrected chi connectivity index (χ1v) is 13.2. The van der Waals surface area contributed by atoms with Gasteiger partial charge in [-0.25, -0.2) is 13.1 Å². The van der Waals surface area contributed by atoms with Crippen LogP contribution in [-0.4, -0.2) is 32.6 Å². The number of halogens is 1. The van der Waals surface area contributed by atoms with Crippen molar-refractivity contribution in [3.63, 3.8) is 0 Å². The van der Waals surface area contributed by atoms with E-state index in [-0.39, 0.29) is 20.7 Å². The van der Waals surface area contributed by atoms with Crippen LogP contribution in [0.15, 0.2) is 26.9 Å². The number of carbonyl (C=O) groups is 1.